The molecule has 1 amide bonds. The first kappa shape index (κ1) is 19.1. The molecule has 3 rings (SSSR count). The Morgan fingerprint density at radius 1 is 1.15 bits per heavy atom. The van der Waals surface area contributed by atoms with Crippen molar-refractivity contribution < 1.29 is 17.9 Å². The average Bonchev–Trinajstić information content (AvgIpc) is 2.61. The normalized spacial score (nSPS) is 17.9. The molecule has 1 heterocycles. The van der Waals surface area contributed by atoms with Gasteiger partial charge in [0.25, 0.3) is 5.91 Å². The van der Waals surface area contributed by atoms with Crippen molar-refractivity contribution in [2.45, 2.75) is 11.9 Å². The zero-order chi connectivity index (χ0) is 18.7. The van der Waals surface area contributed by atoms with Crippen LogP contribution in [0.15, 0.2) is 53.0 Å². The summed E-state index contributed by atoms with van der Waals surface area (Å²) in [6.07, 6.45) is 1.05. The number of hydrogen-bond donors (Lipinski definition) is 0. The molecule has 0 aromatic heterocycles. The summed E-state index contributed by atoms with van der Waals surface area (Å²) in [5.74, 6) is -0.0914. The van der Waals surface area contributed by atoms with Gasteiger partial charge in [-0.2, -0.15) is 0 Å². The van der Waals surface area contributed by atoms with Gasteiger partial charge in [-0.1, -0.05) is 40.2 Å². The molecule has 0 N–H and O–H groups in total. The minimum Gasteiger partial charge on any atom is -0.370 e. The molecule has 0 radical (unpaired) electrons. The first-order valence-corrected chi connectivity index (χ1v) is 11.1. The Morgan fingerprint density at radius 2 is 1.81 bits per heavy atom. The molecule has 1 aliphatic rings. The number of amides is 1. The predicted molar refractivity (Wildman–Crippen MR) is 104 cm³/mol. The molecule has 7 heteroatoms. The van der Waals surface area contributed by atoms with Crippen LogP contribution < -0.4 is 0 Å². The lowest BCUT2D eigenvalue weighted by atomic mass is 10.1. The van der Waals surface area contributed by atoms with Gasteiger partial charge < -0.3 is 9.64 Å². The van der Waals surface area contributed by atoms with Crippen LogP contribution in [0.5, 0.6) is 0 Å². The smallest absolute Gasteiger partial charge is 0.254 e. The van der Waals surface area contributed by atoms with Crippen molar-refractivity contribution in [1.82, 2.24) is 4.90 Å². The fourth-order valence-electron chi connectivity index (χ4n) is 2.94. The number of benzene rings is 2. The van der Waals surface area contributed by atoms with E-state index in [1.165, 1.54) is 6.26 Å². The molecule has 1 fully saturated rings. The molecular formula is C19H20BrNO4S. The summed E-state index contributed by atoms with van der Waals surface area (Å²) < 4.78 is 29.6. The molecule has 1 aliphatic heterocycles. The minimum atomic E-state index is -3.09. The topological polar surface area (TPSA) is 63.7 Å². The van der Waals surface area contributed by atoms with E-state index in [4.69, 9.17) is 4.74 Å². The van der Waals surface area contributed by atoms with E-state index in [1.807, 2.05) is 24.3 Å². The van der Waals surface area contributed by atoms with Crippen molar-refractivity contribution in [1.29, 1.82) is 0 Å². The summed E-state index contributed by atoms with van der Waals surface area (Å²) in [7, 11) is -3.09. The van der Waals surface area contributed by atoms with Crippen LogP contribution in [0.4, 0.5) is 0 Å². The van der Waals surface area contributed by atoms with E-state index in [9.17, 15) is 13.2 Å². The predicted octanol–water partition coefficient (Wildman–Crippen LogP) is 3.21. The molecule has 0 saturated carbocycles. The third-order valence-electron chi connectivity index (χ3n) is 4.23. The van der Waals surface area contributed by atoms with Crippen LogP contribution in [0.1, 0.15) is 27.6 Å². The number of nitrogens with zero attached hydrogens (tertiary/aromatic N) is 1. The summed E-state index contributed by atoms with van der Waals surface area (Å²) in [6, 6.07) is 14.7. The first-order valence-electron chi connectivity index (χ1n) is 8.25. The van der Waals surface area contributed by atoms with Gasteiger partial charge in [-0.05, 0) is 35.4 Å². The second-order valence-electron chi connectivity index (χ2n) is 6.43. The third kappa shape index (κ3) is 4.93. The van der Waals surface area contributed by atoms with Gasteiger partial charge in [0.05, 0.1) is 18.9 Å². The summed E-state index contributed by atoms with van der Waals surface area (Å²) in [4.78, 5) is 14.6. The number of ether oxygens (including phenoxy) is 1. The van der Waals surface area contributed by atoms with Crippen LogP contribution in [-0.4, -0.2) is 45.2 Å². The Kier molecular flexibility index (Phi) is 5.79. The summed E-state index contributed by atoms with van der Waals surface area (Å²) in [5, 5.41) is 0. The average molecular weight is 438 g/mol. The van der Waals surface area contributed by atoms with E-state index >= 15 is 0 Å². The standard InChI is InChI=1S/C19H20BrNO4S/c1-26(23,24)13-14-2-4-16(5-3-14)19(22)21-10-11-25-18(12-21)15-6-8-17(20)9-7-15/h2-9,18H,10-13H2,1H3. The van der Waals surface area contributed by atoms with Crippen LogP contribution in [0.2, 0.25) is 0 Å². The number of hydrogen-bond acceptors (Lipinski definition) is 4. The Labute approximate surface area is 162 Å². The molecule has 0 bridgehead atoms. The molecule has 1 atom stereocenters. The molecule has 0 spiro atoms. The Balaban J connectivity index is 1.70. The van der Waals surface area contributed by atoms with Gasteiger partial charge in [0.15, 0.2) is 9.84 Å². The zero-order valence-corrected chi connectivity index (χ0v) is 16.8. The monoisotopic (exact) mass is 437 g/mol. The number of halogens is 1. The van der Waals surface area contributed by atoms with Crippen LogP contribution in [-0.2, 0) is 20.3 Å². The Bertz CT molecular complexity index is 879. The van der Waals surface area contributed by atoms with E-state index in [2.05, 4.69) is 15.9 Å². The maximum atomic E-state index is 12.8. The molecule has 138 valence electrons. The molecular weight excluding hydrogens is 418 g/mol. The minimum absolute atomic E-state index is 0.0231. The summed E-state index contributed by atoms with van der Waals surface area (Å²) >= 11 is 3.42. The Morgan fingerprint density at radius 3 is 2.42 bits per heavy atom. The number of carbonyl (C=O) groups is 1. The maximum Gasteiger partial charge on any atom is 0.254 e. The molecule has 0 aliphatic carbocycles. The van der Waals surface area contributed by atoms with Crippen LogP contribution in [0.3, 0.4) is 0 Å². The molecule has 2 aromatic carbocycles. The van der Waals surface area contributed by atoms with Gasteiger partial charge in [0.2, 0.25) is 0 Å². The zero-order valence-electron chi connectivity index (χ0n) is 14.4. The van der Waals surface area contributed by atoms with Gasteiger partial charge >= 0.3 is 0 Å². The lowest BCUT2D eigenvalue weighted by molar-refractivity contribution is -0.0228. The molecule has 5 nitrogen and oxygen atoms in total. The van der Waals surface area contributed by atoms with Gasteiger partial charge in [-0.3, -0.25) is 4.79 Å². The van der Waals surface area contributed by atoms with E-state index in [1.54, 1.807) is 29.2 Å². The number of carbonyl (C=O) groups excluding carboxylic acids is 1. The molecule has 26 heavy (non-hydrogen) atoms. The van der Waals surface area contributed by atoms with E-state index in [0.717, 1.165) is 10.0 Å². The van der Waals surface area contributed by atoms with E-state index in [-0.39, 0.29) is 17.8 Å². The summed E-state index contributed by atoms with van der Waals surface area (Å²) in [6.45, 7) is 1.52. The fourth-order valence-corrected chi connectivity index (χ4v) is 4.00. The van der Waals surface area contributed by atoms with Gasteiger partial charge in [-0.15, -0.1) is 0 Å². The van der Waals surface area contributed by atoms with E-state index in [0.29, 0.717) is 30.8 Å². The Hall–Kier alpha value is -1.70. The third-order valence-corrected chi connectivity index (χ3v) is 5.61. The fraction of sp³-hybridized carbons (Fsp3) is 0.316. The van der Waals surface area contributed by atoms with E-state index < -0.39 is 9.84 Å². The summed E-state index contributed by atoms with van der Waals surface area (Å²) in [5.41, 5.74) is 2.27. The molecule has 1 unspecified atom stereocenters. The van der Waals surface area contributed by atoms with Crippen LogP contribution >= 0.6 is 15.9 Å². The quantitative estimate of drug-likeness (QED) is 0.736. The number of morpholine rings is 1. The highest BCUT2D eigenvalue weighted by Gasteiger charge is 2.26. The lowest BCUT2D eigenvalue weighted by Crippen LogP contribution is -2.42. The second kappa shape index (κ2) is 7.90. The highest BCUT2D eigenvalue weighted by Crippen LogP contribution is 2.25. The first-order chi connectivity index (χ1) is 12.3. The highest BCUT2D eigenvalue weighted by molar-refractivity contribution is 9.10. The largest absolute Gasteiger partial charge is 0.370 e. The molecule has 2 aromatic rings. The number of rotatable bonds is 4. The van der Waals surface area contributed by atoms with Gasteiger partial charge in [0, 0.05) is 22.8 Å². The van der Waals surface area contributed by atoms with Crippen molar-refractivity contribution in [2.75, 3.05) is 26.0 Å². The second-order valence-corrected chi connectivity index (χ2v) is 9.49. The van der Waals surface area contributed by atoms with Crippen molar-refractivity contribution in [2.24, 2.45) is 0 Å². The van der Waals surface area contributed by atoms with Crippen molar-refractivity contribution in [3.63, 3.8) is 0 Å². The van der Waals surface area contributed by atoms with Crippen molar-refractivity contribution >= 4 is 31.7 Å². The SMILES string of the molecule is CS(=O)(=O)Cc1ccc(C(=O)N2CCOC(c3ccc(Br)cc3)C2)cc1. The van der Waals surface area contributed by atoms with Gasteiger partial charge in [0.1, 0.15) is 6.10 Å². The van der Waals surface area contributed by atoms with Gasteiger partial charge in [-0.25, -0.2) is 8.42 Å². The number of sulfone groups is 1. The van der Waals surface area contributed by atoms with Crippen LogP contribution in [0, 0.1) is 0 Å². The van der Waals surface area contributed by atoms with Crippen LogP contribution in [0.25, 0.3) is 0 Å². The highest BCUT2D eigenvalue weighted by atomic mass is 79.9. The van der Waals surface area contributed by atoms with Crippen molar-refractivity contribution in [3.8, 4) is 0 Å². The maximum absolute atomic E-state index is 12.8. The van der Waals surface area contributed by atoms with Crippen molar-refractivity contribution in [3.05, 3.63) is 69.7 Å². The molecule has 1 saturated heterocycles. The lowest BCUT2D eigenvalue weighted by Gasteiger charge is -2.33.